The fraction of sp³-hybridized carbons (Fsp3) is 0.933. The number of oxime groups is 1. The van der Waals surface area contributed by atoms with Crippen LogP contribution in [0.3, 0.4) is 0 Å². The van der Waals surface area contributed by atoms with Crippen LogP contribution in [0, 0.1) is 5.41 Å². The molecule has 1 aliphatic rings. The summed E-state index contributed by atoms with van der Waals surface area (Å²) in [6, 6.07) is 1.45. The molecule has 2 atom stereocenters. The highest BCUT2D eigenvalue weighted by atomic mass is 16.4. The monoisotopic (exact) mass is 269 g/mol. The summed E-state index contributed by atoms with van der Waals surface area (Å²) in [6.45, 7) is 9.93. The lowest BCUT2D eigenvalue weighted by molar-refractivity contribution is 0.100. The molecule has 1 heterocycles. The Hall–Kier alpha value is -0.770. The molecule has 0 amide bonds. The topological polar surface area (TPSA) is 61.8 Å². The molecule has 0 saturated carbocycles. The predicted molar refractivity (Wildman–Crippen MR) is 80.5 cm³/mol. The molecule has 0 spiro atoms. The molecule has 0 aromatic heterocycles. The molecule has 19 heavy (non-hydrogen) atoms. The molecule has 0 radical (unpaired) electrons. The van der Waals surface area contributed by atoms with E-state index in [0.29, 0.717) is 5.84 Å². The lowest BCUT2D eigenvalue weighted by Crippen LogP contribution is -2.44. The smallest absolute Gasteiger partial charge is 0.144 e. The number of likely N-dealkylation sites (tertiary alicyclic amines) is 1. The van der Waals surface area contributed by atoms with E-state index in [1.165, 1.54) is 32.2 Å². The van der Waals surface area contributed by atoms with Crippen molar-refractivity contribution < 1.29 is 5.21 Å². The van der Waals surface area contributed by atoms with Gasteiger partial charge >= 0.3 is 0 Å². The molecule has 1 aliphatic heterocycles. The highest BCUT2D eigenvalue weighted by molar-refractivity contribution is 5.85. The number of nitrogens with two attached hydrogens (primary N) is 1. The molecule has 1 rings (SSSR count). The van der Waals surface area contributed by atoms with Crippen LogP contribution >= 0.6 is 0 Å². The highest BCUT2D eigenvalue weighted by Gasteiger charge is 2.25. The van der Waals surface area contributed by atoms with Gasteiger partial charge in [0.2, 0.25) is 0 Å². The Labute approximate surface area is 118 Å². The van der Waals surface area contributed by atoms with E-state index in [2.05, 4.69) is 23.9 Å². The van der Waals surface area contributed by atoms with Crippen molar-refractivity contribution in [1.82, 2.24) is 4.90 Å². The third kappa shape index (κ3) is 4.68. The van der Waals surface area contributed by atoms with Crippen molar-refractivity contribution in [2.24, 2.45) is 16.3 Å². The average Bonchev–Trinajstić information content (AvgIpc) is 2.36. The summed E-state index contributed by atoms with van der Waals surface area (Å²) in [4.78, 5) is 2.64. The fourth-order valence-electron chi connectivity index (χ4n) is 3.04. The number of piperidine rings is 1. The van der Waals surface area contributed by atoms with Crippen LogP contribution < -0.4 is 5.73 Å². The molecule has 1 fully saturated rings. The van der Waals surface area contributed by atoms with E-state index in [0.717, 1.165) is 24.9 Å². The average molecular weight is 269 g/mol. The molecular weight excluding hydrogens is 238 g/mol. The zero-order valence-electron chi connectivity index (χ0n) is 13.0. The molecular formula is C15H31N3O. The van der Waals surface area contributed by atoms with Gasteiger partial charge in [0.1, 0.15) is 5.84 Å². The van der Waals surface area contributed by atoms with Crippen LogP contribution in [0.1, 0.15) is 66.2 Å². The fourth-order valence-corrected chi connectivity index (χ4v) is 3.04. The summed E-state index contributed by atoms with van der Waals surface area (Å²) in [5.74, 6) is 0.340. The highest BCUT2D eigenvalue weighted by Crippen LogP contribution is 2.26. The van der Waals surface area contributed by atoms with Crippen LogP contribution in [0.4, 0.5) is 0 Å². The van der Waals surface area contributed by atoms with Crippen LogP contribution in [0.15, 0.2) is 5.16 Å². The predicted octanol–water partition coefficient (Wildman–Crippen LogP) is 3.19. The largest absolute Gasteiger partial charge is 0.409 e. The van der Waals surface area contributed by atoms with Crippen LogP contribution in [0.25, 0.3) is 0 Å². The van der Waals surface area contributed by atoms with Crippen LogP contribution in [-0.4, -0.2) is 34.6 Å². The molecule has 112 valence electrons. The summed E-state index contributed by atoms with van der Waals surface area (Å²) in [7, 11) is 0. The van der Waals surface area contributed by atoms with Crippen molar-refractivity contribution in [3.8, 4) is 0 Å². The van der Waals surface area contributed by atoms with Gasteiger partial charge in [0, 0.05) is 17.5 Å². The van der Waals surface area contributed by atoms with Crippen LogP contribution in [-0.2, 0) is 0 Å². The normalized spacial score (nSPS) is 26.6. The number of rotatable bonds is 6. The number of unbranched alkanes of at least 4 members (excludes halogenated alkanes) is 1. The lowest BCUT2D eigenvalue weighted by Gasteiger charge is -2.39. The van der Waals surface area contributed by atoms with E-state index in [1.807, 2.05) is 13.8 Å². The van der Waals surface area contributed by atoms with E-state index in [9.17, 15) is 0 Å². The molecule has 0 bridgehead atoms. The molecule has 0 aromatic carbocycles. The number of hydrogen-bond acceptors (Lipinski definition) is 3. The quantitative estimate of drug-likeness (QED) is 0.256. The number of nitrogens with zero attached hydrogens (tertiary/aromatic N) is 2. The minimum Gasteiger partial charge on any atom is -0.409 e. The minimum absolute atomic E-state index is 0.201. The minimum atomic E-state index is -0.201. The maximum Gasteiger partial charge on any atom is 0.144 e. The summed E-state index contributed by atoms with van der Waals surface area (Å²) in [5.41, 5.74) is 5.51. The maximum atomic E-state index is 8.75. The Bertz CT molecular complexity index is 292. The summed E-state index contributed by atoms with van der Waals surface area (Å²) in [5, 5.41) is 11.9. The van der Waals surface area contributed by atoms with E-state index in [1.54, 1.807) is 0 Å². The van der Waals surface area contributed by atoms with Gasteiger partial charge in [-0.05, 0) is 46.1 Å². The SMILES string of the molecule is C[C@@H]1CCC[C@H](C)N1CCCCC(C)(C)C(N)=NO. The van der Waals surface area contributed by atoms with Crippen molar-refractivity contribution in [3.63, 3.8) is 0 Å². The Morgan fingerprint density at radius 3 is 2.37 bits per heavy atom. The third-order valence-electron chi connectivity index (χ3n) is 4.65. The molecule has 4 heteroatoms. The van der Waals surface area contributed by atoms with Crippen molar-refractivity contribution in [3.05, 3.63) is 0 Å². The second kappa shape index (κ2) is 7.13. The maximum absolute atomic E-state index is 8.75. The van der Waals surface area contributed by atoms with Gasteiger partial charge in [0.25, 0.3) is 0 Å². The standard InChI is InChI=1S/C15H31N3O/c1-12-8-7-9-13(2)18(12)11-6-5-10-15(3,4)14(16)17-19/h12-13,19H,5-11H2,1-4H3,(H2,16,17)/t12-,13+. The first-order valence-corrected chi connectivity index (χ1v) is 7.62. The van der Waals surface area contributed by atoms with Crippen LogP contribution in [0.5, 0.6) is 0 Å². The first-order chi connectivity index (χ1) is 8.88. The zero-order valence-corrected chi connectivity index (χ0v) is 13.0. The zero-order chi connectivity index (χ0) is 14.5. The molecule has 0 aliphatic carbocycles. The van der Waals surface area contributed by atoms with Gasteiger partial charge in [0.15, 0.2) is 0 Å². The molecule has 3 N–H and O–H groups in total. The second-order valence-corrected chi connectivity index (χ2v) is 6.69. The Morgan fingerprint density at radius 1 is 1.26 bits per heavy atom. The molecule has 4 nitrogen and oxygen atoms in total. The van der Waals surface area contributed by atoms with Gasteiger partial charge < -0.3 is 10.9 Å². The summed E-state index contributed by atoms with van der Waals surface area (Å²) in [6.07, 6.45) is 7.32. The third-order valence-corrected chi connectivity index (χ3v) is 4.65. The second-order valence-electron chi connectivity index (χ2n) is 6.69. The summed E-state index contributed by atoms with van der Waals surface area (Å²) < 4.78 is 0. The van der Waals surface area contributed by atoms with Crippen molar-refractivity contribution in [1.29, 1.82) is 0 Å². The van der Waals surface area contributed by atoms with E-state index >= 15 is 0 Å². The van der Waals surface area contributed by atoms with Crippen LogP contribution in [0.2, 0.25) is 0 Å². The van der Waals surface area contributed by atoms with Gasteiger partial charge in [-0.1, -0.05) is 31.8 Å². The number of hydrogen-bond donors (Lipinski definition) is 2. The van der Waals surface area contributed by atoms with Crippen molar-refractivity contribution >= 4 is 5.84 Å². The van der Waals surface area contributed by atoms with E-state index < -0.39 is 0 Å². The van der Waals surface area contributed by atoms with Gasteiger partial charge in [-0.25, -0.2) is 0 Å². The lowest BCUT2D eigenvalue weighted by atomic mass is 9.86. The van der Waals surface area contributed by atoms with Gasteiger partial charge in [0.05, 0.1) is 0 Å². The van der Waals surface area contributed by atoms with Crippen molar-refractivity contribution in [2.45, 2.75) is 78.3 Å². The molecule has 1 saturated heterocycles. The molecule has 0 aromatic rings. The number of amidine groups is 1. The van der Waals surface area contributed by atoms with Gasteiger partial charge in [-0.15, -0.1) is 0 Å². The first-order valence-electron chi connectivity index (χ1n) is 7.62. The van der Waals surface area contributed by atoms with Gasteiger partial charge in [-0.3, -0.25) is 4.90 Å². The summed E-state index contributed by atoms with van der Waals surface area (Å²) >= 11 is 0. The Kier molecular flexibility index (Phi) is 6.11. The van der Waals surface area contributed by atoms with Gasteiger partial charge in [-0.2, -0.15) is 0 Å². The van der Waals surface area contributed by atoms with E-state index in [-0.39, 0.29) is 5.41 Å². The van der Waals surface area contributed by atoms with Crippen molar-refractivity contribution in [2.75, 3.05) is 6.54 Å². The first kappa shape index (κ1) is 16.3. The Morgan fingerprint density at radius 2 is 1.84 bits per heavy atom. The Balaban J connectivity index is 2.30. The molecule has 0 unspecified atom stereocenters. The van der Waals surface area contributed by atoms with E-state index in [4.69, 9.17) is 10.9 Å².